The summed E-state index contributed by atoms with van der Waals surface area (Å²) in [6.07, 6.45) is 1.69. The Morgan fingerprint density at radius 3 is 2.42 bits per heavy atom. The first-order valence-electron chi connectivity index (χ1n) is 5.72. The summed E-state index contributed by atoms with van der Waals surface area (Å²) in [5.41, 5.74) is 7.63. The first-order chi connectivity index (χ1) is 8.56. The topological polar surface area (TPSA) is 48.1 Å². The second kappa shape index (κ2) is 6.50. The van der Waals surface area contributed by atoms with E-state index in [2.05, 4.69) is 4.98 Å². The standard InChI is InChI=1S/C14H15FN2O.ClH/c1-9-7-11(10(2)16)8-17-14(9)18-13-5-3-12(15)4-6-13;/h3-8,10H,16H2,1-2H3;1H. The summed E-state index contributed by atoms with van der Waals surface area (Å²) in [4.78, 5) is 4.22. The number of aromatic nitrogens is 1. The normalized spacial score (nSPS) is 11.6. The van der Waals surface area contributed by atoms with Gasteiger partial charge in [-0.15, -0.1) is 12.4 Å². The van der Waals surface area contributed by atoms with Gasteiger partial charge in [0.05, 0.1) is 0 Å². The zero-order valence-corrected chi connectivity index (χ0v) is 11.6. The quantitative estimate of drug-likeness (QED) is 0.932. The van der Waals surface area contributed by atoms with Crippen LogP contribution in [0.15, 0.2) is 36.5 Å². The number of aryl methyl sites for hydroxylation is 1. The van der Waals surface area contributed by atoms with Gasteiger partial charge in [0.2, 0.25) is 5.88 Å². The maximum absolute atomic E-state index is 12.8. The largest absolute Gasteiger partial charge is 0.439 e. The van der Waals surface area contributed by atoms with Gasteiger partial charge in [0.25, 0.3) is 0 Å². The highest BCUT2D eigenvalue weighted by Crippen LogP contribution is 2.24. The van der Waals surface area contributed by atoms with E-state index in [0.29, 0.717) is 11.6 Å². The van der Waals surface area contributed by atoms with Crippen molar-refractivity contribution in [2.45, 2.75) is 19.9 Å². The van der Waals surface area contributed by atoms with Crippen LogP contribution in [0.3, 0.4) is 0 Å². The molecule has 0 amide bonds. The van der Waals surface area contributed by atoms with Gasteiger partial charge in [0.1, 0.15) is 11.6 Å². The third kappa shape index (κ3) is 3.91. The lowest BCUT2D eigenvalue weighted by Crippen LogP contribution is -2.06. The fraction of sp³-hybridized carbons (Fsp3) is 0.214. The van der Waals surface area contributed by atoms with Gasteiger partial charge in [-0.3, -0.25) is 0 Å². The van der Waals surface area contributed by atoms with Crippen LogP contribution in [0, 0.1) is 12.7 Å². The van der Waals surface area contributed by atoms with Crippen molar-refractivity contribution in [3.8, 4) is 11.6 Å². The van der Waals surface area contributed by atoms with Crippen molar-refractivity contribution in [2.75, 3.05) is 0 Å². The highest BCUT2D eigenvalue weighted by atomic mass is 35.5. The molecule has 19 heavy (non-hydrogen) atoms. The molecule has 5 heteroatoms. The molecule has 0 saturated heterocycles. The van der Waals surface area contributed by atoms with Gasteiger partial charge in [-0.1, -0.05) is 0 Å². The predicted octanol–water partition coefficient (Wildman–Crippen LogP) is 3.76. The third-order valence-corrected chi connectivity index (χ3v) is 2.61. The van der Waals surface area contributed by atoms with E-state index in [1.54, 1.807) is 18.3 Å². The molecule has 0 radical (unpaired) electrons. The van der Waals surface area contributed by atoms with Crippen LogP contribution in [-0.4, -0.2) is 4.98 Å². The molecule has 0 aliphatic rings. The molecule has 0 saturated carbocycles. The van der Waals surface area contributed by atoms with Gasteiger partial charge in [-0.25, -0.2) is 9.37 Å². The molecular weight excluding hydrogens is 267 g/mol. The van der Waals surface area contributed by atoms with Crippen molar-refractivity contribution in [2.24, 2.45) is 5.73 Å². The number of ether oxygens (including phenoxy) is 1. The van der Waals surface area contributed by atoms with Crippen molar-refractivity contribution in [1.29, 1.82) is 0 Å². The van der Waals surface area contributed by atoms with Gasteiger partial charge in [-0.05, 0) is 49.7 Å². The molecule has 0 bridgehead atoms. The van der Waals surface area contributed by atoms with E-state index in [9.17, 15) is 4.39 Å². The average Bonchev–Trinajstić information content (AvgIpc) is 2.34. The van der Waals surface area contributed by atoms with E-state index in [1.807, 2.05) is 19.9 Å². The minimum atomic E-state index is -0.292. The van der Waals surface area contributed by atoms with Crippen LogP contribution in [0.5, 0.6) is 11.6 Å². The van der Waals surface area contributed by atoms with E-state index in [4.69, 9.17) is 10.5 Å². The second-order valence-electron chi connectivity index (χ2n) is 4.24. The molecular formula is C14H16ClFN2O. The molecule has 102 valence electrons. The van der Waals surface area contributed by atoms with Gasteiger partial charge < -0.3 is 10.5 Å². The van der Waals surface area contributed by atoms with E-state index in [-0.39, 0.29) is 24.3 Å². The molecule has 2 N–H and O–H groups in total. The zero-order valence-electron chi connectivity index (χ0n) is 10.8. The SMILES string of the molecule is Cc1cc(C(C)N)cnc1Oc1ccc(F)cc1.Cl. The summed E-state index contributed by atoms with van der Waals surface area (Å²) in [5.74, 6) is 0.769. The first kappa shape index (κ1) is 15.4. The number of nitrogens with zero attached hydrogens (tertiary/aromatic N) is 1. The molecule has 1 heterocycles. The highest BCUT2D eigenvalue weighted by Gasteiger charge is 2.07. The molecule has 0 fully saturated rings. The van der Waals surface area contributed by atoms with Gasteiger partial charge in [-0.2, -0.15) is 0 Å². The van der Waals surface area contributed by atoms with Crippen molar-refractivity contribution in [3.05, 3.63) is 53.5 Å². The molecule has 0 spiro atoms. The minimum absolute atomic E-state index is 0. The summed E-state index contributed by atoms with van der Waals surface area (Å²) in [6, 6.07) is 7.71. The van der Waals surface area contributed by atoms with Crippen molar-refractivity contribution in [1.82, 2.24) is 4.98 Å². The van der Waals surface area contributed by atoms with Crippen LogP contribution >= 0.6 is 12.4 Å². The molecule has 1 aromatic heterocycles. The predicted molar refractivity (Wildman–Crippen MR) is 75.3 cm³/mol. The van der Waals surface area contributed by atoms with Gasteiger partial charge in [0.15, 0.2) is 0 Å². The number of halogens is 2. The summed E-state index contributed by atoms with van der Waals surface area (Å²) < 4.78 is 18.3. The Bertz CT molecular complexity index is 544. The van der Waals surface area contributed by atoms with E-state index in [1.165, 1.54) is 12.1 Å². The lowest BCUT2D eigenvalue weighted by atomic mass is 10.1. The van der Waals surface area contributed by atoms with Crippen LogP contribution in [0.25, 0.3) is 0 Å². The van der Waals surface area contributed by atoms with Crippen molar-refractivity contribution >= 4 is 12.4 Å². The van der Waals surface area contributed by atoms with Gasteiger partial charge >= 0.3 is 0 Å². The Hall–Kier alpha value is -1.65. The van der Waals surface area contributed by atoms with Crippen molar-refractivity contribution < 1.29 is 9.13 Å². The number of rotatable bonds is 3. The Morgan fingerprint density at radius 1 is 1.26 bits per heavy atom. The molecule has 2 rings (SSSR count). The Balaban J connectivity index is 0.00000180. The average molecular weight is 283 g/mol. The number of hydrogen-bond donors (Lipinski definition) is 1. The lowest BCUT2D eigenvalue weighted by molar-refractivity contribution is 0.456. The molecule has 1 unspecified atom stereocenters. The maximum atomic E-state index is 12.8. The molecule has 0 aliphatic heterocycles. The highest BCUT2D eigenvalue weighted by molar-refractivity contribution is 5.85. The monoisotopic (exact) mass is 282 g/mol. The number of pyridine rings is 1. The third-order valence-electron chi connectivity index (χ3n) is 2.61. The summed E-state index contributed by atoms with van der Waals surface area (Å²) in [6.45, 7) is 3.80. The fourth-order valence-corrected chi connectivity index (χ4v) is 1.55. The molecule has 2 aromatic rings. The zero-order chi connectivity index (χ0) is 13.1. The van der Waals surface area contributed by atoms with Crippen LogP contribution in [0.4, 0.5) is 4.39 Å². The number of hydrogen-bond acceptors (Lipinski definition) is 3. The molecule has 1 atom stereocenters. The molecule has 0 aliphatic carbocycles. The summed E-state index contributed by atoms with van der Waals surface area (Å²) >= 11 is 0. The van der Waals surface area contributed by atoms with Gasteiger partial charge in [0, 0.05) is 17.8 Å². The smallest absolute Gasteiger partial charge is 0.222 e. The Morgan fingerprint density at radius 2 is 1.89 bits per heavy atom. The minimum Gasteiger partial charge on any atom is -0.439 e. The van der Waals surface area contributed by atoms with Crippen molar-refractivity contribution in [3.63, 3.8) is 0 Å². The number of benzene rings is 1. The van der Waals surface area contributed by atoms with Crippen LogP contribution in [-0.2, 0) is 0 Å². The van der Waals surface area contributed by atoms with E-state index < -0.39 is 0 Å². The summed E-state index contributed by atoms with van der Waals surface area (Å²) in [7, 11) is 0. The lowest BCUT2D eigenvalue weighted by Gasteiger charge is -2.10. The maximum Gasteiger partial charge on any atom is 0.222 e. The number of nitrogens with two attached hydrogens (primary N) is 1. The van der Waals surface area contributed by atoms with Crippen LogP contribution < -0.4 is 10.5 Å². The van der Waals surface area contributed by atoms with E-state index >= 15 is 0 Å². The second-order valence-corrected chi connectivity index (χ2v) is 4.24. The van der Waals surface area contributed by atoms with Crippen LogP contribution in [0.2, 0.25) is 0 Å². The first-order valence-corrected chi connectivity index (χ1v) is 5.72. The van der Waals surface area contributed by atoms with E-state index in [0.717, 1.165) is 11.1 Å². The Labute approximate surface area is 118 Å². The molecule has 3 nitrogen and oxygen atoms in total. The Kier molecular flexibility index (Phi) is 5.27. The summed E-state index contributed by atoms with van der Waals surface area (Å²) in [5, 5.41) is 0. The molecule has 1 aromatic carbocycles. The fourth-order valence-electron chi connectivity index (χ4n) is 1.55. The van der Waals surface area contributed by atoms with Crippen LogP contribution in [0.1, 0.15) is 24.1 Å².